The number of nitrogens with zero attached hydrogens (tertiary/aromatic N) is 1. The summed E-state index contributed by atoms with van der Waals surface area (Å²) in [4.78, 5) is 6.99. The number of rotatable bonds is 7. The first kappa shape index (κ1) is 14.8. The Bertz CT molecular complexity index is 633. The summed E-state index contributed by atoms with van der Waals surface area (Å²) < 4.78 is 32.4. The van der Waals surface area contributed by atoms with Crippen molar-refractivity contribution in [3.8, 4) is 0 Å². The van der Waals surface area contributed by atoms with Gasteiger partial charge in [0.05, 0.1) is 12.6 Å². The first-order valence-electron chi connectivity index (χ1n) is 6.31. The van der Waals surface area contributed by atoms with Crippen molar-refractivity contribution in [2.24, 2.45) is 0 Å². The van der Waals surface area contributed by atoms with Gasteiger partial charge in [0.2, 0.25) is 5.09 Å². The lowest BCUT2D eigenvalue weighted by atomic mass is 10.2. The van der Waals surface area contributed by atoms with Gasteiger partial charge in [0, 0.05) is 12.4 Å². The Kier molecular flexibility index (Phi) is 4.58. The van der Waals surface area contributed by atoms with Crippen LogP contribution in [-0.2, 0) is 16.6 Å². The maximum Gasteiger partial charge on any atom is 0.274 e. The SMILES string of the molecule is CCC(NS(=O)(=O)c1ccc(CNC)o1)c1ncc[nH]1. The van der Waals surface area contributed by atoms with Crippen LogP contribution in [0.5, 0.6) is 0 Å². The Balaban J connectivity index is 2.17. The van der Waals surface area contributed by atoms with Crippen molar-refractivity contribution in [3.05, 3.63) is 36.1 Å². The van der Waals surface area contributed by atoms with Crippen molar-refractivity contribution in [1.29, 1.82) is 0 Å². The minimum absolute atomic E-state index is 0.0900. The molecule has 0 fully saturated rings. The highest BCUT2D eigenvalue weighted by Crippen LogP contribution is 2.19. The van der Waals surface area contributed by atoms with Crippen molar-refractivity contribution in [2.45, 2.75) is 31.0 Å². The second-order valence-electron chi connectivity index (χ2n) is 4.31. The van der Waals surface area contributed by atoms with E-state index in [0.29, 0.717) is 24.6 Å². The quantitative estimate of drug-likeness (QED) is 0.712. The van der Waals surface area contributed by atoms with Gasteiger partial charge in [-0.2, -0.15) is 4.72 Å². The Labute approximate surface area is 117 Å². The summed E-state index contributed by atoms with van der Waals surface area (Å²) in [5, 5.41) is 2.81. The summed E-state index contributed by atoms with van der Waals surface area (Å²) in [5.41, 5.74) is 0. The van der Waals surface area contributed by atoms with E-state index in [1.165, 1.54) is 6.07 Å². The number of aromatic nitrogens is 2. The van der Waals surface area contributed by atoms with Crippen LogP contribution in [0.25, 0.3) is 0 Å². The predicted octanol–water partition coefficient (Wildman–Crippen LogP) is 1.15. The summed E-state index contributed by atoms with van der Waals surface area (Å²) in [6.45, 7) is 2.36. The van der Waals surface area contributed by atoms with Gasteiger partial charge in [-0.1, -0.05) is 6.92 Å². The van der Waals surface area contributed by atoms with Crippen molar-refractivity contribution in [1.82, 2.24) is 20.0 Å². The highest BCUT2D eigenvalue weighted by atomic mass is 32.2. The number of nitrogens with one attached hydrogen (secondary N) is 3. The number of H-pyrrole nitrogens is 1. The first-order valence-corrected chi connectivity index (χ1v) is 7.80. The monoisotopic (exact) mass is 298 g/mol. The van der Waals surface area contributed by atoms with E-state index < -0.39 is 16.1 Å². The van der Waals surface area contributed by atoms with Gasteiger partial charge in [-0.15, -0.1) is 0 Å². The molecule has 0 amide bonds. The number of hydrogen-bond acceptors (Lipinski definition) is 5. The third kappa shape index (κ3) is 3.27. The van der Waals surface area contributed by atoms with E-state index in [1.807, 2.05) is 6.92 Å². The van der Waals surface area contributed by atoms with E-state index in [9.17, 15) is 8.42 Å². The summed E-state index contributed by atoms with van der Waals surface area (Å²) in [5.74, 6) is 1.15. The highest BCUT2D eigenvalue weighted by molar-refractivity contribution is 7.89. The minimum Gasteiger partial charge on any atom is -0.447 e. The van der Waals surface area contributed by atoms with E-state index in [2.05, 4.69) is 20.0 Å². The molecule has 0 aliphatic heterocycles. The zero-order valence-electron chi connectivity index (χ0n) is 11.4. The zero-order valence-corrected chi connectivity index (χ0v) is 12.2. The lowest BCUT2D eigenvalue weighted by Crippen LogP contribution is -2.28. The molecule has 0 spiro atoms. The van der Waals surface area contributed by atoms with Gasteiger partial charge in [0.25, 0.3) is 10.0 Å². The number of sulfonamides is 1. The standard InChI is InChI=1S/C12H18N4O3S/c1-3-10(12-14-6-7-15-12)16-20(17,18)11-5-4-9(19-11)8-13-2/h4-7,10,13,16H,3,8H2,1-2H3,(H,14,15). The highest BCUT2D eigenvalue weighted by Gasteiger charge is 2.24. The summed E-state index contributed by atoms with van der Waals surface area (Å²) in [7, 11) is -1.94. The van der Waals surface area contributed by atoms with Crippen molar-refractivity contribution < 1.29 is 12.8 Å². The molecule has 0 aromatic carbocycles. The van der Waals surface area contributed by atoms with Gasteiger partial charge >= 0.3 is 0 Å². The third-order valence-corrected chi connectivity index (χ3v) is 4.15. The molecular formula is C12H18N4O3S. The van der Waals surface area contributed by atoms with Crippen molar-refractivity contribution in [3.63, 3.8) is 0 Å². The Morgan fingerprint density at radius 1 is 1.45 bits per heavy atom. The van der Waals surface area contributed by atoms with Crippen LogP contribution in [0.3, 0.4) is 0 Å². The molecule has 2 aromatic rings. The molecule has 0 aliphatic carbocycles. The van der Waals surface area contributed by atoms with E-state index in [0.717, 1.165) is 0 Å². The Morgan fingerprint density at radius 3 is 2.85 bits per heavy atom. The normalized spacial score (nSPS) is 13.5. The number of imidazole rings is 1. The molecule has 2 heterocycles. The number of furan rings is 1. The molecule has 7 nitrogen and oxygen atoms in total. The zero-order chi connectivity index (χ0) is 14.6. The molecule has 110 valence electrons. The number of hydrogen-bond donors (Lipinski definition) is 3. The average Bonchev–Trinajstić information content (AvgIpc) is 3.07. The minimum atomic E-state index is -3.70. The molecule has 2 rings (SSSR count). The van der Waals surface area contributed by atoms with Gasteiger partial charge in [-0.3, -0.25) is 0 Å². The molecule has 0 bridgehead atoms. The van der Waals surface area contributed by atoms with Gasteiger partial charge in [-0.25, -0.2) is 13.4 Å². The fourth-order valence-corrected chi connectivity index (χ4v) is 3.05. The second-order valence-corrected chi connectivity index (χ2v) is 5.95. The van der Waals surface area contributed by atoms with Crippen LogP contribution in [0, 0.1) is 0 Å². The molecule has 2 aromatic heterocycles. The summed E-state index contributed by atoms with van der Waals surface area (Å²) in [6.07, 6.45) is 3.82. The van der Waals surface area contributed by atoms with Gasteiger partial charge in [-0.05, 0) is 25.6 Å². The fourth-order valence-electron chi connectivity index (χ4n) is 1.82. The third-order valence-electron chi connectivity index (χ3n) is 2.81. The molecule has 3 N–H and O–H groups in total. The smallest absolute Gasteiger partial charge is 0.274 e. The molecule has 0 saturated heterocycles. The maximum absolute atomic E-state index is 12.2. The van der Waals surface area contributed by atoms with E-state index in [1.54, 1.807) is 25.5 Å². The van der Waals surface area contributed by atoms with Crippen molar-refractivity contribution >= 4 is 10.0 Å². The van der Waals surface area contributed by atoms with E-state index >= 15 is 0 Å². The molecule has 1 atom stereocenters. The van der Waals surface area contributed by atoms with E-state index in [4.69, 9.17) is 4.42 Å². The van der Waals surface area contributed by atoms with Gasteiger partial charge < -0.3 is 14.7 Å². The Morgan fingerprint density at radius 2 is 2.25 bits per heavy atom. The molecule has 1 unspecified atom stereocenters. The van der Waals surface area contributed by atoms with Crippen molar-refractivity contribution in [2.75, 3.05) is 7.05 Å². The van der Waals surface area contributed by atoms with E-state index in [-0.39, 0.29) is 5.09 Å². The molecule has 0 radical (unpaired) electrons. The maximum atomic E-state index is 12.2. The summed E-state index contributed by atoms with van der Waals surface area (Å²) >= 11 is 0. The van der Waals surface area contributed by atoms with Gasteiger partial charge in [0.1, 0.15) is 11.6 Å². The van der Waals surface area contributed by atoms with Crippen LogP contribution in [0.15, 0.2) is 34.0 Å². The molecule has 8 heteroatoms. The fraction of sp³-hybridized carbons (Fsp3) is 0.417. The van der Waals surface area contributed by atoms with Crippen LogP contribution >= 0.6 is 0 Å². The predicted molar refractivity (Wildman–Crippen MR) is 73.4 cm³/mol. The average molecular weight is 298 g/mol. The molecular weight excluding hydrogens is 280 g/mol. The van der Waals surface area contributed by atoms with Gasteiger partial charge in [0.15, 0.2) is 0 Å². The number of aromatic amines is 1. The van der Waals surface area contributed by atoms with Crippen LogP contribution in [-0.4, -0.2) is 25.4 Å². The molecule has 0 aliphatic rings. The lowest BCUT2D eigenvalue weighted by molar-refractivity contribution is 0.401. The van der Waals surface area contributed by atoms with Crippen LogP contribution in [0.2, 0.25) is 0 Å². The molecule has 0 saturated carbocycles. The molecule has 20 heavy (non-hydrogen) atoms. The lowest BCUT2D eigenvalue weighted by Gasteiger charge is -2.13. The van der Waals surface area contributed by atoms with Crippen LogP contribution in [0.1, 0.15) is 31.0 Å². The van der Waals surface area contributed by atoms with Crippen LogP contribution < -0.4 is 10.0 Å². The topological polar surface area (TPSA) is 100 Å². The second kappa shape index (κ2) is 6.21. The summed E-state index contributed by atoms with van der Waals surface area (Å²) in [6, 6.07) is 2.68. The first-order chi connectivity index (χ1) is 9.56. The largest absolute Gasteiger partial charge is 0.447 e. The van der Waals surface area contributed by atoms with Crippen LogP contribution in [0.4, 0.5) is 0 Å². The Hall–Kier alpha value is -1.64.